The summed E-state index contributed by atoms with van der Waals surface area (Å²) in [6, 6.07) is 16.1. The van der Waals surface area contributed by atoms with Crippen molar-refractivity contribution < 1.29 is 13.6 Å². The summed E-state index contributed by atoms with van der Waals surface area (Å²) in [6.45, 7) is 1.45. The number of fused-ring (bicyclic) bond motifs is 1. The maximum absolute atomic E-state index is 13.4. The number of halogens is 1. The number of pyridine rings is 2. The van der Waals surface area contributed by atoms with Gasteiger partial charge in [-0.2, -0.15) is 4.39 Å². The molecular formula is C24H21FN4O2. The standard InChI is InChI=1S/C24H21FN4O2/c25-21-2-1-3-22(28-21)29-13-9-18(10-14-29)27-24(30)17-6-4-16(5-7-17)23-19-11-15-31-20(19)8-12-26-23/h1-8,11-12,15,18H,9-10,13-14H2,(H,27,30). The number of anilines is 1. The third-order valence-corrected chi connectivity index (χ3v) is 5.65. The number of furan rings is 1. The molecule has 1 amide bonds. The number of aromatic nitrogens is 2. The van der Waals surface area contributed by atoms with Crippen molar-refractivity contribution in [2.75, 3.05) is 18.0 Å². The van der Waals surface area contributed by atoms with Gasteiger partial charge in [0.15, 0.2) is 0 Å². The van der Waals surface area contributed by atoms with E-state index in [4.69, 9.17) is 4.42 Å². The van der Waals surface area contributed by atoms with Crippen molar-refractivity contribution in [1.82, 2.24) is 15.3 Å². The first kappa shape index (κ1) is 19.2. The number of piperidine rings is 1. The Hall–Kier alpha value is -3.74. The summed E-state index contributed by atoms with van der Waals surface area (Å²) in [5.74, 6) is 0.0700. The Labute approximate surface area is 178 Å². The minimum atomic E-state index is -0.476. The van der Waals surface area contributed by atoms with E-state index in [9.17, 15) is 9.18 Å². The van der Waals surface area contributed by atoms with Crippen molar-refractivity contribution in [3.05, 3.63) is 78.6 Å². The number of carbonyl (C=O) groups is 1. The molecule has 1 aromatic carbocycles. The molecule has 4 aromatic rings. The topological polar surface area (TPSA) is 71.3 Å². The zero-order valence-corrected chi connectivity index (χ0v) is 16.8. The molecule has 7 heteroatoms. The van der Waals surface area contributed by atoms with Crippen LogP contribution in [0.4, 0.5) is 10.2 Å². The average molecular weight is 416 g/mol. The quantitative estimate of drug-likeness (QED) is 0.499. The van der Waals surface area contributed by atoms with Crippen molar-refractivity contribution in [3.8, 4) is 11.3 Å². The van der Waals surface area contributed by atoms with E-state index >= 15 is 0 Å². The van der Waals surface area contributed by atoms with Crippen LogP contribution >= 0.6 is 0 Å². The van der Waals surface area contributed by atoms with Crippen LogP contribution in [-0.4, -0.2) is 35.0 Å². The van der Waals surface area contributed by atoms with Crippen molar-refractivity contribution in [2.24, 2.45) is 0 Å². The van der Waals surface area contributed by atoms with Gasteiger partial charge in [-0.3, -0.25) is 9.78 Å². The molecule has 0 radical (unpaired) electrons. The Morgan fingerprint density at radius 1 is 1.06 bits per heavy atom. The second-order valence-corrected chi connectivity index (χ2v) is 7.62. The first-order chi connectivity index (χ1) is 15.2. The zero-order chi connectivity index (χ0) is 21.2. The lowest BCUT2D eigenvalue weighted by Gasteiger charge is -2.33. The smallest absolute Gasteiger partial charge is 0.251 e. The third-order valence-electron chi connectivity index (χ3n) is 5.65. The van der Waals surface area contributed by atoms with Gasteiger partial charge in [0.25, 0.3) is 5.91 Å². The van der Waals surface area contributed by atoms with Gasteiger partial charge in [-0.05, 0) is 49.2 Å². The Bertz CT molecular complexity index is 1210. The van der Waals surface area contributed by atoms with Crippen LogP contribution in [0.25, 0.3) is 22.2 Å². The predicted molar refractivity (Wildman–Crippen MR) is 116 cm³/mol. The lowest BCUT2D eigenvalue weighted by atomic mass is 10.0. The Morgan fingerprint density at radius 3 is 2.65 bits per heavy atom. The first-order valence-electron chi connectivity index (χ1n) is 10.3. The molecule has 3 aromatic heterocycles. The molecule has 4 heterocycles. The minimum absolute atomic E-state index is 0.0818. The molecule has 5 rings (SSSR count). The van der Waals surface area contributed by atoms with Crippen LogP contribution in [0.1, 0.15) is 23.2 Å². The highest BCUT2D eigenvalue weighted by Crippen LogP contribution is 2.27. The SMILES string of the molecule is O=C(NC1CCN(c2cccc(F)n2)CC1)c1ccc(-c2nccc3occc23)cc1. The van der Waals surface area contributed by atoms with Gasteiger partial charge in [0.05, 0.1) is 12.0 Å². The van der Waals surface area contributed by atoms with Crippen LogP contribution < -0.4 is 10.2 Å². The lowest BCUT2D eigenvalue weighted by molar-refractivity contribution is 0.0931. The highest BCUT2D eigenvalue weighted by atomic mass is 19.1. The van der Waals surface area contributed by atoms with Crippen molar-refractivity contribution in [2.45, 2.75) is 18.9 Å². The van der Waals surface area contributed by atoms with Gasteiger partial charge in [-0.1, -0.05) is 18.2 Å². The number of nitrogens with zero attached hydrogens (tertiary/aromatic N) is 3. The molecule has 31 heavy (non-hydrogen) atoms. The third kappa shape index (κ3) is 3.99. The van der Waals surface area contributed by atoms with Gasteiger partial charge in [0.1, 0.15) is 11.4 Å². The number of amides is 1. The minimum Gasteiger partial charge on any atom is -0.464 e. The Kier molecular flexibility index (Phi) is 5.08. The monoisotopic (exact) mass is 416 g/mol. The van der Waals surface area contributed by atoms with E-state index < -0.39 is 5.95 Å². The fraction of sp³-hybridized carbons (Fsp3) is 0.208. The zero-order valence-electron chi connectivity index (χ0n) is 16.8. The summed E-state index contributed by atoms with van der Waals surface area (Å²) in [6.07, 6.45) is 4.93. The molecule has 0 atom stereocenters. The van der Waals surface area contributed by atoms with Crippen LogP contribution in [0.2, 0.25) is 0 Å². The summed E-state index contributed by atoms with van der Waals surface area (Å²) in [7, 11) is 0. The fourth-order valence-corrected chi connectivity index (χ4v) is 4.00. The van der Waals surface area contributed by atoms with E-state index in [1.165, 1.54) is 6.07 Å². The first-order valence-corrected chi connectivity index (χ1v) is 10.3. The lowest BCUT2D eigenvalue weighted by Crippen LogP contribution is -2.45. The van der Waals surface area contributed by atoms with Gasteiger partial charge in [-0.15, -0.1) is 0 Å². The van der Waals surface area contributed by atoms with Crippen LogP contribution in [0.3, 0.4) is 0 Å². The maximum Gasteiger partial charge on any atom is 0.251 e. The van der Waals surface area contributed by atoms with Gasteiger partial charge in [0, 0.05) is 41.8 Å². The highest BCUT2D eigenvalue weighted by Gasteiger charge is 2.22. The molecule has 0 bridgehead atoms. The summed E-state index contributed by atoms with van der Waals surface area (Å²) >= 11 is 0. The molecule has 6 nitrogen and oxygen atoms in total. The summed E-state index contributed by atoms with van der Waals surface area (Å²) in [5, 5.41) is 4.06. The maximum atomic E-state index is 13.4. The van der Waals surface area contributed by atoms with Crippen LogP contribution in [0.15, 0.2) is 71.5 Å². The van der Waals surface area contributed by atoms with Gasteiger partial charge in [-0.25, -0.2) is 4.98 Å². The molecule has 0 unspecified atom stereocenters. The normalized spacial score (nSPS) is 14.7. The summed E-state index contributed by atoms with van der Waals surface area (Å²) in [5.41, 5.74) is 3.15. The molecule has 1 N–H and O–H groups in total. The van der Waals surface area contributed by atoms with Crippen molar-refractivity contribution >= 4 is 22.7 Å². The molecule has 1 saturated heterocycles. The Balaban J connectivity index is 1.22. The van der Waals surface area contributed by atoms with Gasteiger partial charge < -0.3 is 14.6 Å². The van der Waals surface area contributed by atoms with E-state index in [-0.39, 0.29) is 11.9 Å². The molecular weight excluding hydrogens is 395 g/mol. The molecule has 1 aliphatic heterocycles. The van der Waals surface area contributed by atoms with E-state index in [1.54, 1.807) is 18.5 Å². The second-order valence-electron chi connectivity index (χ2n) is 7.62. The Morgan fingerprint density at radius 2 is 1.87 bits per heavy atom. The van der Waals surface area contributed by atoms with Gasteiger partial charge in [0.2, 0.25) is 5.95 Å². The second kappa shape index (κ2) is 8.18. The molecule has 0 saturated carbocycles. The highest BCUT2D eigenvalue weighted by molar-refractivity contribution is 5.96. The summed E-state index contributed by atoms with van der Waals surface area (Å²) in [4.78, 5) is 23.2. The number of benzene rings is 1. The predicted octanol–water partition coefficient (Wildman–Crippen LogP) is 4.43. The van der Waals surface area contributed by atoms with Crippen LogP contribution in [-0.2, 0) is 0 Å². The van der Waals surface area contributed by atoms with E-state index in [2.05, 4.69) is 15.3 Å². The number of carbonyl (C=O) groups excluding carboxylic acids is 1. The molecule has 1 fully saturated rings. The fourth-order valence-electron chi connectivity index (χ4n) is 4.00. The number of nitrogens with one attached hydrogen (secondary N) is 1. The van der Waals surface area contributed by atoms with E-state index in [1.807, 2.05) is 47.4 Å². The van der Waals surface area contributed by atoms with Crippen LogP contribution in [0.5, 0.6) is 0 Å². The van der Waals surface area contributed by atoms with Crippen LogP contribution in [0, 0.1) is 5.95 Å². The molecule has 0 aliphatic carbocycles. The van der Waals surface area contributed by atoms with E-state index in [0.717, 1.165) is 48.2 Å². The van der Waals surface area contributed by atoms with Crippen molar-refractivity contribution in [1.29, 1.82) is 0 Å². The van der Waals surface area contributed by atoms with Crippen molar-refractivity contribution in [3.63, 3.8) is 0 Å². The number of rotatable bonds is 4. The van der Waals surface area contributed by atoms with Gasteiger partial charge >= 0.3 is 0 Å². The number of hydrogen-bond donors (Lipinski definition) is 1. The van der Waals surface area contributed by atoms with E-state index in [0.29, 0.717) is 11.4 Å². The molecule has 0 spiro atoms. The summed E-state index contributed by atoms with van der Waals surface area (Å²) < 4.78 is 18.8. The average Bonchev–Trinajstić information content (AvgIpc) is 3.29. The molecule has 156 valence electrons. The number of hydrogen-bond acceptors (Lipinski definition) is 5. The molecule has 1 aliphatic rings. The largest absolute Gasteiger partial charge is 0.464 e.